The minimum absolute atomic E-state index is 0.297. The first-order valence-electron chi connectivity index (χ1n) is 6.27. The molecule has 1 rings (SSSR count). The quantitative estimate of drug-likeness (QED) is 0.781. The van der Waals surface area contributed by atoms with E-state index < -0.39 is 28.8 Å². The number of sulfonamides is 1. The molecule has 0 aliphatic rings. The lowest BCUT2D eigenvalue weighted by atomic mass is 10.2. The maximum absolute atomic E-state index is 12.1. The molecule has 0 N–H and O–H groups in total. The van der Waals surface area contributed by atoms with Gasteiger partial charge in [0.05, 0.1) is 4.90 Å². The van der Waals surface area contributed by atoms with E-state index in [1.807, 2.05) is 13.2 Å². The molecule has 0 fully saturated rings. The van der Waals surface area contributed by atoms with Gasteiger partial charge >= 0.3 is 0 Å². The van der Waals surface area contributed by atoms with Crippen LogP contribution in [0.5, 0.6) is 0 Å². The van der Waals surface area contributed by atoms with Gasteiger partial charge in [-0.3, -0.25) is 0 Å². The minimum atomic E-state index is -3.49. The Morgan fingerprint density at radius 3 is 2.16 bits per heavy atom. The highest BCUT2D eigenvalue weighted by molar-refractivity contribution is 7.99. The van der Waals surface area contributed by atoms with E-state index in [2.05, 4.69) is 23.4 Å². The molecule has 0 aliphatic carbocycles. The van der Waals surface area contributed by atoms with Crippen LogP contribution in [0.15, 0.2) is 32.9 Å². The average molecular weight is 318 g/mol. The van der Waals surface area contributed by atoms with Crippen molar-refractivity contribution in [3.63, 3.8) is 0 Å². The monoisotopic (exact) mass is 317 g/mol. The van der Waals surface area contributed by atoms with Gasteiger partial charge in [0.2, 0.25) is 0 Å². The van der Waals surface area contributed by atoms with E-state index in [0.717, 1.165) is 17.4 Å². The van der Waals surface area contributed by atoms with Gasteiger partial charge in [-0.1, -0.05) is 48.0 Å². The smallest absolute Gasteiger partial charge is 0.199 e. The van der Waals surface area contributed by atoms with Gasteiger partial charge in [0.1, 0.15) is 0 Å². The molecule has 0 aliphatic heterocycles. The normalized spacial score (nSPS) is 14.6. The van der Waals surface area contributed by atoms with Crippen molar-refractivity contribution in [1.29, 1.82) is 0 Å². The molecule has 6 heteroatoms. The molecule has 0 amide bonds. The summed E-state index contributed by atoms with van der Waals surface area (Å²) in [5, 5.41) is 0. The van der Waals surface area contributed by atoms with E-state index in [0.29, 0.717) is 4.90 Å². The average Bonchev–Trinajstić information content (AvgIpc) is 2.25. The lowest BCUT2D eigenvalue weighted by molar-refractivity contribution is 0.598. The van der Waals surface area contributed by atoms with Crippen molar-refractivity contribution in [2.45, 2.75) is 37.5 Å². The van der Waals surface area contributed by atoms with Gasteiger partial charge in [0.25, 0.3) is 10.0 Å². The summed E-state index contributed by atoms with van der Waals surface area (Å²) in [5.41, 5.74) is 1.05. The van der Waals surface area contributed by atoms with Crippen molar-refractivity contribution >= 4 is 28.8 Å². The molecule has 1 aromatic rings. The van der Waals surface area contributed by atoms with Gasteiger partial charge in [-0.15, -0.1) is 3.77 Å². The molecule has 0 bridgehead atoms. The lowest BCUT2D eigenvalue weighted by Gasteiger charge is -2.15. The predicted molar refractivity (Wildman–Crippen MR) is 87.1 cm³/mol. The van der Waals surface area contributed by atoms with Crippen molar-refractivity contribution in [1.82, 2.24) is 0 Å². The molecule has 0 radical (unpaired) electrons. The van der Waals surface area contributed by atoms with Crippen LogP contribution in [0.1, 0.15) is 5.56 Å². The van der Waals surface area contributed by atoms with Crippen LogP contribution in [0, 0.1) is 6.92 Å². The molecule has 19 heavy (non-hydrogen) atoms. The van der Waals surface area contributed by atoms with Crippen LogP contribution in [-0.4, -0.2) is 28.5 Å². The van der Waals surface area contributed by atoms with Crippen LogP contribution in [0.4, 0.5) is 0 Å². The number of nitrogens with zero attached hydrogens (tertiary/aromatic N) is 1. The van der Waals surface area contributed by atoms with Gasteiger partial charge in [-0.05, 0) is 31.4 Å². The topological polar surface area (TPSA) is 46.5 Å². The Balaban J connectivity index is 2.86. The molecule has 108 valence electrons. The SMILES string of the molecule is Cc1ccc(S(=O)(=O)/N=S(\C)CC[Si](C)(C)C)cc1. The van der Waals surface area contributed by atoms with Gasteiger partial charge < -0.3 is 0 Å². The van der Waals surface area contributed by atoms with Crippen molar-refractivity contribution in [3.05, 3.63) is 29.8 Å². The fourth-order valence-electron chi connectivity index (χ4n) is 1.41. The van der Waals surface area contributed by atoms with E-state index in [1.165, 1.54) is 0 Å². The third kappa shape index (κ3) is 6.01. The largest absolute Gasteiger partial charge is 0.287 e. The number of benzene rings is 1. The Morgan fingerprint density at radius 2 is 1.68 bits per heavy atom. The summed E-state index contributed by atoms with van der Waals surface area (Å²) in [4.78, 5) is 0.297. The van der Waals surface area contributed by atoms with Crippen LogP contribution in [0.2, 0.25) is 25.7 Å². The molecular weight excluding hydrogens is 294 g/mol. The van der Waals surface area contributed by atoms with Crippen LogP contribution in [-0.2, 0) is 20.7 Å². The standard InChI is InChI=1S/C13H23NO2S2Si/c1-12-6-8-13(9-7-12)18(15,16)14-17(2)10-11-19(3,4)5/h6-9H,10-11H2,1-5H3. The van der Waals surface area contributed by atoms with E-state index in [4.69, 9.17) is 0 Å². The number of aryl methyl sites for hydroxylation is 1. The Morgan fingerprint density at radius 1 is 1.16 bits per heavy atom. The lowest BCUT2D eigenvalue weighted by Crippen LogP contribution is -2.22. The molecule has 0 spiro atoms. The van der Waals surface area contributed by atoms with E-state index in [-0.39, 0.29) is 0 Å². The first kappa shape index (κ1) is 16.6. The zero-order chi connectivity index (χ0) is 14.7. The number of hydrogen-bond acceptors (Lipinski definition) is 2. The molecule has 0 heterocycles. The predicted octanol–water partition coefficient (Wildman–Crippen LogP) is 3.45. The molecule has 1 atom stereocenters. The molecular formula is C13H23NO2S2Si. The summed E-state index contributed by atoms with van der Waals surface area (Å²) in [6, 6.07) is 7.98. The molecule has 0 saturated heterocycles. The summed E-state index contributed by atoms with van der Waals surface area (Å²) in [6.45, 7) is 8.81. The highest BCUT2D eigenvalue weighted by Gasteiger charge is 2.15. The summed E-state index contributed by atoms with van der Waals surface area (Å²) in [7, 11) is -5.04. The van der Waals surface area contributed by atoms with E-state index in [9.17, 15) is 8.42 Å². The second-order valence-electron chi connectivity index (χ2n) is 5.98. The fourth-order valence-corrected chi connectivity index (χ4v) is 7.51. The van der Waals surface area contributed by atoms with Crippen molar-refractivity contribution in [3.8, 4) is 0 Å². The molecule has 1 aromatic carbocycles. The summed E-state index contributed by atoms with van der Waals surface area (Å²) in [5.74, 6) is 0.876. The molecule has 1 unspecified atom stereocenters. The van der Waals surface area contributed by atoms with Gasteiger partial charge in [-0.2, -0.15) is 8.42 Å². The molecule has 0 saturated carbocycles. The highest BCUT2D eigenvalue weighted by Crippen LogP contribution is 2.15. The third-order valence-electron chi connectivity index (χ3n) is 2.69. The Kier molecular flexibility index (Phi) is 5.52. The summed E-state index contributed by atoms with van der Waals surface area (Å²) < 4.78 is 28.3. The first-order chi connectivity index (χ1) is 8.60. The van der Waals surface area contributed by atoms with Crippen LogP contribution >= 0.6 is 0 Å². The highest BCUT2D eigenvalue weighted by atomic mass is 32.3. The maximum atomic E-state index is 12.1. The van der Waals surface area contributed by atoms with Gasteiger partial charge in [-0.25, -0.2) is 0 Å². The van der Waals surface area contributed by atoms with Crippen LogP contribution in [0.25, 0.3) is 0 Å². The first-order valence-corrected chi connectivity index (χ1v) is 13.2. The van der Waals surface area contributed by atoms with Gasteiger partial charge in [0.15, 0.2) is 0 Å². The molecule has 0 aromatic heterocycles. The Labute approximate surface area is 120 Å². The van der Waals surface area contributed by atoms with Crippen molar-refractivity contribution in [2.75, 3.05) is 12.0 Å². The third-order valence-corrected chi connectivity index (χ3v) is 8.27. The Bertz CT molecular complexity index is 557. The van der Waals surface area contributed by atoms with Crippen molar-refractivity contribution < 1.29 is 8.42 Å². The molecule has 3 nitrogen and oxygen atoms in total. The maximum Gasteiger partial charge on any atom is 0.287 e. The fraction of sp³-hybridized carbons (Fsp3) is 0.538. The van der Waals surface area contributed by atoms with Gasteiger partial charge in [0, 0.05) is 13.8 Å². The van der Waals surface area contributed by atoms with Crippen LogP contribution in [0.3, 0.4) is 0 Å². The zero-order valence-electron chi connectivity index (χ0n) is 12.3. The zero-order valence-corrected chi connectivity index (χ0v) is 14.9. The summed E-state index contributed by atoms with van der Waals surface area (Å²) in [6.07, 6.45) is 1.91. The van der Waals surface area contributed by atoms with Crippen LogP contribution < -0.4 is 0 Å². The number of rotatable bonds is 5. The summed E-state index contributed by atoms with van der Waals surface area (Å²) >= 11 is 0. The second-order valence-corrected chi connectivity index (χ2v) is 15.2. The second kappa shape index (κ2) is 6.32. The van der Waals surface area contributed by atoms with E-state index in [1.54, 1.807) is 24.3 Å². The Hall–Kier alpha value is -0.463. The van der Waals surface area contributed by atoms with E-state index >= 15 is 0 Å². The minimum Gasteiger partial charge on any atom is -0.199 e. The number of hydrogen-bond donors (Lipinski definition) is 0. The van der Waals surface area contributed by atoms with Crippen molar-refractivity contribution in [2.24, 2.45) is 3.77 Å².